The molecule has 20 heavy (non-hydrogen) atoms. The Kier molecular flexibility index (Phi) is 12.5. The predicted octanol–water partition coefficient (Wildman–Crippen LogP) is -0.688. The van der Waals surface area contributed by atoms with Gasteiger partial charge >= 0.3 is 140 Å². The van der Waals surface area contributed by atoms with Crippen LogP contribution in [0, 0.1) is 0 Å². The molecule has 0 amide bonds. The Morgan fingerprint density at radius 3 is 0.650 bits per heavy atom. The first-order valence-corrected chi connectivity index (χ1v) is 13.4. The number of nitrogens with zero attached hydrogens (tertiary/aromatic N) is 6. The normalized spacial score (nSPS) is 12.9. The quantitative estimate of drug-likeness (QED) is 0.543. The molecular formula is C12H36Ga2N6-2. The van der Waals surface area contributed by atoms with Crippen LogP contribution in [0.4, 0.5) is 0 Å². The SMILES string of the molecule is C[N](C)[Ga-]([N](C)C)([N](C)C)[N](C)C.C[N](C)[Ga-][N](C)C. The predicted molar refractivity (Wildman–Crippen MR) is 93.6 cm³/mol. The summed E-state index contributed by atoms with van der Waals surface area (Å²) in [6, 6.07) is 0. The Morgan fingerprint density at radius 2 is 0.650 bits per heavy atom. The van der Waals surface area contributed by atoms with E-state index in [0.717, 1.165) is 0 Å². The van der Waals surface area contributed by atoms with Crippen molar-refractivity contribution in [2.24, 2.45) is 0 Å². The van der Waals surface area contributed by atoms with Crippen LogP contribution in [-0.4, -0.2) is 140 Å². The van der Waals surface area contributed by atoms with Crippen molar-refractivity contribution in [3.63, 3.8) is 0 Å². The van der Waals surface area contributed by atoms with E-state index in [-0.39, 0.29) is 17.9 Å². The van der Waals surface area contributed by atoms with Crippen molar-refractivity contribution in [2.75, 3.05) is 84.6 Å². The van der Waals surface area contributed by atoms with Crippen LogP contribution in [0.3, 0.4) is 0 Å². The number of hydrogen-bond acceptors (Lipinski definition) is 6. The average molecular weight is 404 g/mol. The zero-order valence-corrected chi connectivity index (χ0v) is 20.7. The van der Waals surface area contributed by atoms with Crippen LogP contribution in [0.1, 0.15) is 0 Å². The van der Waals surface area contributed by atoms with Crippen molar-refractivity contribution in [2.45, 2.75) is 0 Å². The standard InChI is InChI=1S/6C2H6N.2Ga/c6*1-3-2;;/h6*1-2H3;;/q6*-1;+1;+3. The van der Waals surface area contributed by atoms with Gasteiger partial charge in [-0.1, -0.05) is 0 Å². The van der Waals surface area contributed by atoms with Gasteiger partial charge in [-0.05, 0) is 0 Å². The Morgan fingerprint density at radius 1 is 0.450 bits per heavy atom. The molecule has 0 spiro atoms. The first-order chi connectivity index (χ1) is 8.90. The van der Waals surface area contributed by atoms with Crippen LogP contribution < -0.4 is 0 Å². The van der Waals surface area contributed by atoms with Gasteiger partial charge in [-0.15, -0.1) is 0 Å². The molecule has 0 aliphatic carbocycles. The van der Waals surface area contributed by atoms with Crippen molar-refractivity contribution in [1.29, 1.82) is 0 Å². The fraction of sp³-hybridized carbons (Fsp3) is 1.00. The zero-order chi connectivity index (χ0) is 16.7. The van der Waals surface area contributed by atoms with Gasteiger partial charge in [0.15, 0.2) is 0 Å². The van der Waals surface area contributed by atoms with E-state index in [2.05, 4.69) is 106 Å². The van der Waals surface area contributed by atoms with E-state index in [1.807, 2.05) is 0 Å². The maximum atomic E-state index is 2.39. The van der Waals surface area contributed by atoms with Gasteiger partial charge in [-0.3, -0.25) is 0 Å². The van der Waals surface area contributed by atoms with Crippen LogP contribution in [0.25, 0.3) is 0 Å². The van der Waals surface area contributed by atoms with Gasteiger partial charge in [-0.25, -0.2) is 0 Å². The molecular weight excluding hydrogens is 368 g/mol. The number of hydrogen-bond donors (Lipinski definition) is 0. The van der Waals surface area contributed by atoms with Gasteiger partial charge in [0, 0.05) is 0 Å². The molecule has 8 heteroatoms. The van der Waals surface area contributed by atoms with Crippen molar-refractivity contribution in [3.05, 3.63) is 0 Å². The molecule has 2 radical (unpaired) electrons. The van der Waals surface area contributed by atoms with Crippen molar-refractivity contribution in [3.8, 4) is 0 Å². The topological polar surface area (TPSA) is 19.4 Å². The Balaban J connectivity index is 0. The van der Waals surface area contributed by atoms with E-state index in [1.54, 1.807) is 0 Å². The van der Waals surface area contributed by atoms with Crippen LogP contribution >= 0.6 is 0 Å². The Labute approximate surface area is 139 Å². The van der Waals surface area contributed by atoms with Crippen molar-refractivity contribution < 1.29 is 0 Å². The third-order valence-corrected chi connectivity index (χ3v) is 16.8. The first-order valence-electron chi connectivity index (χ1n) is 6.92. The minimum atomic E-state index is -2.51. The molecule has 0 aliphatic heterocycles. The van der Waals surface area contributed by atoms with Crippen LogP contribution in [-0.2, 0) is 0 Å². The maximum absolute atomic E-state index is 2.51. The fourth-order valence-corrected chi connectivity index (χ4v) is 16.8. The molecule has 0 aromatic heterocycles. The summed E-state index contributed by atoms with van der Waals surface area (Å²) in [5.41, 5.74) is 0. The van der Waals surface area contributed by atoms with Crippen LogP contribution in [0.15, 0.2) is 0 Å². The van der Waals surface area contributed by atoms with E-state index < -0.39 is 16.0 Å². The molecule has 0 atom stereocenters. The van der Waals surface area contributed by atoms with E-state index in [1.165, 1.54) is 0 Å². The summed E-state index contributed by atoms with van der Waals surface area (Å²) in [6.07, 6.45) is 0. The van der Waals surface area contributed by atoms with Gasteiger partial charge in [-0.2, -0.15) is 0 Å². The summed E-state index contributed by atoms with van der Waals surface area (Å²) in [5.74, 6) is 0. The second kappa shape index (κ2) is 10.7. The Hall–Kier alpha value is 1.03. The molecule has 6 nitrogen and oxygen atoms in total. The summed E-state index contributed by atoms with van der Waals surface area (Å²) in [4.78, 5) is 0. The van der Waals surface area contributed by atoms with E-state index in [9.17, 15) is 0 Å². The summed E-state index contributed by atoms with van der Waals surface area (Å²) >= 11 is -2.70. The summed E-state index contributed by atoms with van der Waals surface area (Å²) < 4.78 is 14.1. The molecule has 122 valence electrons. The molecule has 0 saturated heterocycles. The molecule has 0 N–H and O–H groups in total. The zero-order valence-electron chi connectivity index (χ0n) is 15.8. The average Bonchev–Trinajstić information content (AvgIpc) is 2.12. The summed E-state index contributed by atoms with van der Waals surface area (Å²) in [5, 5.41) is 0. The van der Waals surface area contributed by atoms with Gasteiger partial charge in [0.05, 0.1) is 0 Å². The fourth-order valence-electron chi connectivity index (χ4n) is 3.23. The van der Waals surface area contributed by atoms with E-state index in [0.29, 0.717) is 0 Å². The van der Waals surface area contributed by atoms with Crippen LogP contribution in [0.5, 0.6) is 0 Å². The molecule has 0 heterocycles. The third kappa shape index (κ3) is 7.34. The van der Waals surface area contributed by atoms with Crippen molar-refractivity contribution in [1.82, 2.24) is 21.6 Å². The first kappa shape index (κ1) is 23.3. The van der Waals surface area contributed by atoms with Crippen LogP contribution in [0.2, 0.25) is 0 Å². The summed E-state index contributed by atoms with van der Waals surface area (Å²) in [7, 11) is 25.9. The molecule has 0 aromatic rings. The monoisotopic (exact) mass is 402 g/mol. The molecule has 0 bridgehead atoms. The van der Waals surface area contributed by atoms with Gasteiger partial charge in [0.1, 0.15) is 0 Å². The molecule has 0 saturated carbocycles. The molecule has 0 aliphatic rings. The second-order valence-electron chi connectivity index (χ2n) is 6.59. The molecule has 0 rings (SSSR count). The Bertz CT molecular complexity index is 201. The number of rotatable bonds is 6. The van der Waals surface area contributed by atoms with Crippen molar-refractivity contribution >= 4 is 33.9 Å². The minimum absolute atomic E-state index is 0.188. The van der Waals surface area contributed by atoms with Gasteiger partial charge in [0.25, 0.3) is 0 Å². The van der Waals surface area contributed by atoms with Gasteiger partial charge < -0.3 is 0 Å². The molecule has 0 fully saturated rings. The third-order valence-electron chi connectivity index (χ3n) is 3.23. The summed E-state index contributed by atoms with van der Waals surface area (Å²) in [6.45, 7) is 0. The molecule has 0 unspecified atom stereocenters. The van der Waals surface area contributed by atoms with E-state index >= 15 is 0 Å². The second-order valence-corrected chi connectivity index (χ2v) is 23.0. The van der Waals surface area contributed by atoms with E-state index in [4.69, 9.17) is 0 Å². The van der Waals surface area contributed by atoms with Gasteiger partial charge in [0.2, 0.25) is 0 Å². The molecule has 0 aromatic carbocycles.